The fraction of sp³-hybridized carbons (Fsp3) is 0.368. The summed E-state index contributed by atoms with van der Waals surface area (Å²) in [4.78, 5) is 39.6. The fourth-order valence-electron chi connectivity index (χ4n) is 6.67. The maximum absolute atomic E-state index is 13.3. The van der Waals surface area contributed by atoms with Crippen LogP contribution in [0.5, 0.6) is 0 Å². The summed E-state index contributed by atoms with van der Waals surface area (Å²) >= 11 is 0. The van der Waals surface area contributed by atoms with Gasteiger partial charge < -0.3 is 18.8 Å². The Morgan fingerprint density at radius 1 is 0.583 bits per heavy atom. The minimum Gasteiger partial charge on any atom is -0.339 e. The third kappa shape index (κ3) is 7.54. The van der Waals surface area contributed by atoms with Crippen LogP contribution in [-0.4, -0.2) is 68.1 Å². The van der Waals surface area contributed by atoms with Gasteiger partial charge in [-0.3, -0.25) is 9.59 Å². The van der Waals surface area contributed by atoms with E-state index in [1.54, 1.807) is 24.3 Å². The van der Waals surface area contributed by atoms with Crippen LogP contribution in [0.1, 0.15) is 92.8 Å². The first-order valence-electron chi connectivity index (χ1n) is 17.0. The molecule has 0 unspecified atom stereocenters. The lowest BCUT2D eigenvalue weighted by atomic mass is 10.1. The average Bonchev–Trinajstić information content (AvgIpc) is 3.96. The molecule has 10 heteroatoms. The maximum Gasteiger partial charge on any atom is 0.253 e. The van der Waals surface area contributed by atoms with E-state index in [0.717, 1.165) is 51.4 Å². The second kappa shape index (κ2) is 14.8. The quantitative estimate of drug-likeness (QED) is 0.161. The second-order valence-corrected chi connectivity index (χ2v) is 12.8. The van der Waals surface area contributed by atoms with Gasteiger partial charge in [-0.25, -0.2) is 0 Å². The molecule has 3 aromatic carbocycles. The van der Waals surface area contributed by atoms with Crippen molar-refractivity contribution in [1.82, 2.24) is 30.1 Å². The lowest BCUT2D eigenvalue weighted by Crippen LogP contribution is -2.29. The van der Waals surface area contributed by atoms with Crippen LogP contribution in [0, 0.1) is 0 Å². The van der Waals surface area contributed by atoms with E-state index in [-0.39, 0.29) is 23.7 Å². The van der Waals surface area contributed by atoms with Gasteiger partial charge in [-0.15, -0.1) is 0 Å². The minimum absolute atomic E-state index is 0.0255. The average molecular weight is 645 g/mol. The number of carbonyl (C=O) groups excluding carboxylic acids is 2. The molecule has 246 valence electrons. The standard InChI is InChI=1S/C38H40N6O4/c45-37(43-23-21-31(25-43)35-39-33(41-47-35)15-7-13-27-9-3-1-4-10-27)29-17-19-30(20-18-29)38(46)44-24-22-32(26-44)36-40-34(42-48-36)16-8-14-28-11-5-2-6-12-28/h1-6,9-12,17-20,31-32H,7-8,13-16,21-26H2/t31-,32-/m1/s1. The Hall–Kier alpha value is -5.12. The van der Waals surface area contributed by atoms with Gasteiger partial charge in [0.05, 0.1) is 11.8 Å². The first-order chi connectivity index (χ1) is 23.6. The summed E-state index contributed by atoms with van der Waals surface area (Å²) in [5, 5.41) is 8.37. The van der Waals surface area contributed by atoms with Crippen LogP contribution >= 0.6 is 0 Å². The molecule has 2 fully saturated rings. The van der Waals surface area contributed by atoms with Gasteiger partial charge in [-0.05, 0) is 73.9 Å². The molecule has 0 N–H and O–H groups in total. The lowest BCUT2D eigenvalue weighted by molar-refractivity contribution is 0.0777. The zero-order valence-electron chi connectivity index (χ0n) is 27.0. The van der Waals surface area contributed by atoms with Crippen LogP contribution in [0.2, 0.25) is 0 Å². The zero-order valence-corrected chi connectivity index (χ0v) is 27.0. The first kappa shape index (κ1) is 31.5. The number of hydrogen-bond donors (Lipinski definition) is 0. The highest BCUT2D eigenvalue weighted by Gasteiger charge is 2.33. The third-order valence-electron chi connectivity index (χ3n) is 9.41. The lowest BCUT2D eigenvalue weighted by Gasteiger charge is -2.18. The Bertz CT molecular complexity index is 1670. The SMILES string of the molecule is O=C(c1ccc(C(=O)N2CC[C@@H](c3nc(CCCc4ccccc4)no3)C2)cc1)N1CC[C@@H](c2nc(CCCc3ccccc3)no2)C1. The highest BCUT2D eigenvalue weighted by Crippen LogP contribution is 2.29. The molecule has 0 radical (unpaired) electrons. The highest BCUT2D eigenvalue weighted by molar-refractivity contribution is 5.98. The first-order valence-corrected chi connectivity index (χ1v) is 17.0. The fourth-order valence-corrected chi connectivity index (χ4v) is 6.67. The predicted molar refractivity (Wildman–Crippen MR) is 178 cm³/mol. The van der Waals surface area contributed by atoms with E-state index in [1.165, 1.54) is 11.1 Å². The van der Waals surface area contributed by atoms with Gasteiger partial charge in [0.1, 0.15) is 0 Å². The summed E-state index contributed by atoms with van der Waals surface area (Å²) < 4.78 is 11.2. The molecule has 0 aliphatic carbocycles. The van der Waals surface area contributed by atoms with Gasteiger partial charge in [0.2, 0.25) is 11.8 Å². The van der Waals surface area contributed by atoms with Crippen molar-refractivity contribution in [1.29, 1.82) is 0 Å². The van der Waals surface area contributed by atoms with E-state index in [2.05, 4.69) is 68.8 Å². The van der Waals surface area contributed by atoms with Crippen molar-refractivity contribution in [2.45, 2.75) is 63.2 Å². The molecular formula is C38H40N6O4. The van der Waals surface area contributed by atoms with E-state index in [9.17, 15) is 9.59 Å². The van der Waals surface area contributed by atoms with Crippen LogP contribution in [0.3, 0.4) is 0 Å². The number of hydrogen-bond acceptors (Lipinski definition) is 8. The molecule has 2 aliphatic heterocycles. The normalized spacial score (nSPS) is 17.7. The van der Waals surface area contributed by atoms with E-state index in [1.807, 2.05) is 21.9 Å². The van der Waals surface area contributed by atoms with Gasteiger partial charge >= 0.3 is 0 Å². The van der Waals surface area contributed by atoms with Crippen molar-refractivity contribution in [3.63, 3.8) is 0 Å². The van der Waals surface area contributed by atoms with Crippen molar-refractivity contribution in [2.75, 3.05) is 26.2 Å². The Morgan fingerprint density at radius 3 is 1.42 bits per heavy atom. The Labute approximate surface area is 280 Å². The number of benzene rings is 3. The monoisotopic (exact) mass is 644 g/mol. The van der Waals surface area contributed by atoms with Gasteiger partial charge in [0, 0.05) is 50.1 Å². The molecule has 5 aromatic rings. The molecule has 2 aliphatic rings. The zero-order chi connectivity index (χ0) is 32.7. The highest BCUT2D eigenvalue weighted by atomic mass is 16.5. The van der Waals surface area contributed by atoms with Gasteiger partial charge in [0.25, 0.3) is 11.8 Å². The Morgan fingerprint density at radius 2 is 1.00 bits per heavy atom. The summed E-state index contributed by atoms with van der Waals surface area (Å²) in [6, 6.07) is 27.7. The third-order valence-corrected chi connectivity index (χ3v) is 9.41. The summed E-state index contributed by atoms with van der Waals surface area (Å²) in [7, 11) is 0. The predicted octanol–water partition coefficient (Wildman–Crippen LogP) is 6.06. The Kier molecular flexibility index (Phi) is 9.67. The number of amides is 2. The molecule has 0 bridgehead atoms. The van der Waals surface area contributed by atoms with Crippen LogP contribution in [0.15, 0.2) is 94.0 Å². The number of aryl methyl sites for hydroxylation is 4. The smallest absolute Gasteiger partial charge is 0.253 e. The van der Waals surface area contributed by atoms with E-state index >= 15 is 0 Å². The van der Waals surface area contributed by atoms with Crippen LogP contribution in [0.4, 0.5) is 0 Å². The van der Waals surface area contributed by atoms with Crippen molar-refractivity contribution in [3.8, 4) is 0 Å². The van der Waals surface area contributed by atoms with E-state index in [4.69, 9.17) is 9.05 Å². The van der Waals surface area contributed by atoms with E-state index in [0.29, 0.717) is 60.7 Å². The molecule has 2 aromatic heterocycles. The number of nitrogens with zero attached hydrogens (tertiary/aromatic N) is 6. The summed E-state index contributed by atoms with van der Waals surface area (Å²) in [5.41, 5.74) is 3.72. The maximum atomic E-state index is 13.3. The molecule has 0 saturated carbocycles. The van der Waals surface area contributed by atoms with Gasteiger partial charge in [-0.1, -0.05) is 71.0 Å². The molecule has 2 saturated heterocycles. The number of rotatable bonds is 12. The van der Waals surface area contributed by atoms with Crippen molar-refractivity contribution >= 4 is 11.8 Å². The minimum atomic E-state index is -0.0590. The van der Waals surface area contributed by atoms with E-state index < -0.39 is 0 Å². The summed E-state index contributed by atoms with van der Waals surface area (Å²) in [5.74, 6) is 2.57. The van der Waals surface area contributed by atoms with Gasteiger partial charge in [-0.2, -0.15) is 9.97 Å². The molecule has 0 spiro atoms. The molecule has 10 nitrogen and oxygen atoms in total. The molecular weight excluding hydrogens is 604 g/mol. The summed E-state index contributed by atoms with van der Waals surface area (Å²) in [6.45, 7) is 2.31. The Balaban J connectivity index is 0.868. The molecule has 2 atom stereocenters. The van der Waals surface area contributed by atoms with Crippen LogP contribution in [-0.2, 0) is 25.7 Å². The number of likely N-dealkylation sites (tertiary alicyclic amines) is 2. The molecule has 7 rings (SSSR count). The van der Waals surface area contributed by atoms with Crippen LogP contribution in [0.25, 0.3) is 0 Å². The van der Waals surface area contributed by atoms with Crippen LogP contribution < -0.4 is 0 Å². The molecule has 48 heavy (non-hydrogen) atoms. The second-order valence-electron chi connectivity index (χ2n) is 12.8. The summed E-state index contributed by atoms with van der Waals surface area (Å²) in [6.07, 6.45) is 6.90. The van der Waals surface area contributed by atoms with Crippen molar-refractivity contribution < 1.29 is 18.6 Å². The topological polar surface area (TPSA) is 118 Å². The van der Waals surface area contributed by atoms with Crippen molar-refractivity contribution in [3.05, 3.63) is 131 Å². The van der Waals surface area contributed by atoms with Crippen molar-refractivity contribution in [2.24, 2.45) is 0 Å². The van der Waals surface area contributed by atoms with Gasteiger partial charge in [0.15, 0.2) is 11.6 Å². The molecule has 2 amide bonds. The number of aromatic nitrogens is 4. The number of carbonyl (C=O) groups is 2. The largest absolute Gasteiger partial charge is 0.339 e. The molecule has 4 heterocycles.